The zero-order chi connectivity index (χ0) is 17.8. The first-order valence-corrected chi connectivity index (χ1v) is 8.59. The summed E-state index contributed by atoms with van der Waals surface area (Å²) in [7, 11) is 0. The van der Waals surface area contributed by atoms with Crippen LogP contribution in [0.2, 0.25) is 0 Å². The first-order chi connectivity index (χ1) is 12.1. The second kappa shape index (κ2) is 7.51. The highest BCUT2D eigenvalue weighted by atomic mass is 19.1. The van der Waals surface area contributed by atoms with Gasteiger partial charge in [-0.2, -0.15) is 0 Å². The zero-order valence-corrected chi connectivity index (χ0v) is 14.8. The Labute approximate surface area is 148 Å². The molecule has 0 fully saturated rings. The Bertz CT molecular complexity index is 809. The molecule has 0 radical (unpaired) electrons. The van der Waals surface area contributed by atoms with Crippen LogP contribution in [-0.2, 0) is 6.42 Å². The molecule has 3 nitrogen and oxygen atoms in total. The van der Waals surface area contributed by atoms with Gasteiger partial charge in [-0.3, -0.25) is 4.99 Å². The van der Waals surface area contributed by atoms with Crippen LogP contribution < -0.4 is 10.1 Å². The van der Waals surface area contributed by atoms with E-state index in [0.717, 1.165) is 28.8 Å². The van der Waals surface area contributed by atoms with Crippen LogP contribution in [0.1, 0.15) is 36.6 Å². The molecule has 1 unspecified atom stereocenters. The van der Waals surface area contributed by atoms with E-state index in [1.54, 1.807) is 12.3 Å². The molecule has 2 aromatic rings. The zero-order valence-electron chi connectivity index (χ0n) is 14.8. The second-order valence-electron chi connectivity index (χ2n) is 6.30. The lowest BCUT2D eigenvalue weighted by molar-refractivity contribution is 0.439. The van der Waals surface area contributed by atoms with Gasteiger partial charge in [-0.05, 0) is 61.7 Å². The smallest absolute Gasteiger partial charge is 0.166 e. The highest BCUT2D eigenvalue weighted by Gasteiger charge is 2.16. The van der Waals surface area contributed by atoms with E-state index in [1.807, 2.05) is 50.3 Å². The minimum atomic E-state index is -0.349. The van der Waals surface area contributed by atoms with Gasteiger partial charge in [0.2, 0.25) is 0 Å². The fourth-order valence-electron chi connectivity index (χ4n) is 2.93. The Morgan fingerprint density at radius 1 is 1.24 bits per heavy atom. The third-order valence-corrected chi connectivity index (χ3v) is 4.33. The molecule has 0 aliphatic carbocycles. The predicted molar refractivity (Wildman–Crippen MR) is 100 cm³/mol. The first kappa shape index (κ1) is 17.2. The van der Waals surface area contributed by atoms with E-state index < -0.39 is 0 Å². The molecule has 1 atom stereocenters. The van der Waals surface area contributed by atoms with Gasteiger partial charge in [0.05, 0.1) is 6.54 Å². The molecular weight excluding hydrogens is 315 g/mol. The number of aryl methyl sites for hydroxylation is 2. The number of nitrogens with zero attached hydrogens (tertiary/aromatic N) is 1. The Morgan fingerprint density at radius 3 is 2.64 bits per heavy atom. The lowest BCUT2D eigenvalue weighted by atomic mass is 9.98. The van der Waals surface area contributed by atoms with Crippen LogP contribution in [0.3, 0.4) is 0 Å². The highest BCUT2D eigenvalue weighted by molar-refractivity contribution is 5.75. The molecule has 1 N–H and O–H groups in total. The molecule has 25 heavy (non-hydrogen) atoms. The minimum Gasteiger partial charge on any atom is -0.454 e. The van der Waals surface area contributed by atoms with Gasteiger partial charge >= 0.3 is 0 Å². The van der Waals surface area contributed by atoms with Crippen LogP contribution in [0.4, 0.5) is 4.39 Å². The van der Waals surface area contributed by atoms with E-state index in [0.29, 0.717) is 12.3 Å². The SMILES string of the molecule is CCc1cc(Oc2ccc(C)cc2)c(F)cc1C(C)NC1=CC=NC1. The summed E-state index contributed by atoms with van der Waals surface area (Å²) < 4.78 is 20.4. The topological polar surface area (TPSA) is 33.6 Å². The van der Waals surface area contributed by atoms with Crippen molar-refractivity contribution in [3.8, 4) is 11.5 Å². The number of benzene rings is 2. The number of allylic oxidation sites excluding steroid dienone is 1. The molecule has 3 rings (SSSR count). The predicted octanol–water partition coefficient (Wildman–Crippen LogP) is 5.11. The van der Waals surface area contributed by atoms with Crippen LogP contribution in [0.15, 0.2) is 53.2 Å². The first-order valence-electron chi connectivity index (χ1n) is 8.59. The molecule has 0 aromatic heterocycles. The Hall–Kier alpha value is -2.62. The molecular formula is C21H23FN2O. The lowest BCUT2D eigenvalue weighted by Gasteiger charge is -2.20. The van der Waals surface area contributed by atoms with Gasteiger partial charge < -0.3 is 10.1 Å². The van der Waals surface area contributed by atoms with Gasteiger partial charge in [0, 0.05) is 18.0 Å². The monoisotopic (exact) mass is 338 g/mol. The number of aliphatic imine (C=N–C) groups is 1. The molecule has 130 valence electrons. The fourth-order valence-corrected chi connectivity index (χ4v) is 2.93. The summed E-state index contributed by atoms with van der Waals surface area (Å²) in [4.78, 5) is 4.16. The Balaban J connectivity index is 1.83. The molecule has 2 aromatic carbocycles. The van der Waals surface area contributed by atoms with Gasteiger partial charge in [0.25, 0.3) is 0 Å². The maximum Gasteiger partial charge on any atom is 0.166 e. The highest BCUT2D eigenvalue weighted by Crippen LogP contribution is 2.31. The standard InChI is InChI=1S/C21H23FN2O/c1-4-16-11-21(25-18-7-5-14(2)6-8-18)20(22)12-19(16)15(3)24-17-9-10-23-13-17/h5-12,15,24H,4,13H2,1-3H3. The van der Waals surface area contributed by atoms with Crippen molar-refractivity contribution in [3.63, 3.8) is 0 Å². The van der Waals surface area contributed by atoms with Crippen molar-refractivity contribution in [2.45, 2.75) is 33.2 Å². The van der Waals surface area contributed by atoms with Crippen molar-refractivity contribution >= 4 is 6.21 Å². The average Bonchev–Trinajstić information content (AvgIpc) is 3.11. The van der Waals surface area contributed by atoms with Gasteiger partial charge in [-0.15, -0.1) is 0 Å². The van der Waals surface area contributed by atoms with Crippen molar-refractivity contribution in [2.24, 2.45) is 4.99 Å². The number of halogens is 1. The van der Waals surface area contributed by atoms with E-state index in [9.17, 15) is 4.39 Å². The number of rotatable bonds is 6. The van der Waals surface area contributed by atoms with Crippen molar-refractivity contribution in [3.05, 3.63) is 70.7 Å². The Morgan fingerprint density at radius 2 is 2.00 bits per heavy atom. The van der Waals surface area contributed by atoms with Gasteiger partial charge in [0.15, 0.2) is 11.6 Å². The summed E-state index contributed by atoms with van der Waals surface area (Å²) in [5.41, 5.74) is 4.21. The number of ether oxygens (including phenoxy) is 1. The molecule has 1 aliphatic rings. The van der Waals surface area contributed by atoms with Gasteiger partial charge in [0.1, 0.15) is 5.75 Å². The average molecular weight is 338 g/mol. The molecule has 4 heteroatoms. The maximum atomic E-state index is 14.6. The molecule has 0 saturated heterocycles. The summed E-state index contributed by atoms with van der Waals surface area (Å²) in [6.45, 7) is 6.77. The lowest BCUT2D eigenvalue weighted by Crippen LogP contribution is -2.20. The third-order valence-electron chi connectivity index (χ3n) is 4.33. The largest absolute Gasteiger partial charge is 0.454 e. The molecule has 0 bridgehead atoms. The third kappa shape index (κ3) is 4.08. The summed E-state index contributed by atoms with van der Waals surface area (Å²) in [5, 5.41) is 3.40. The van der Waals surface area contributed by atoms with E-state index in [4.69, 9.17) is 4.74 Å². The van der Waals surface area contributed by atoms with E-state index >= 15 is 0 Å². The molecule has 1 heterocycles. The van der Waals surface area contributed by atoms with Gasteiger partial charge in [-0.25, -0.2) is 4.39 Å². The quantitative estimate of drug-likeness (QED) is 0.794. The van der Waals surface area contributed by atoms with Gasteiger partial charge in [-0.1, -0.05) is 24.6 Å². The molecule has 0 amide bonds. The van der Waals surface area contributed by atoms with Crippen LogP contribution in [0, 0.1) is 12.7 Å². The van der Waals surface area contributed by atoms with Crippen LogP contribution >= 0.6 is 0 Å². The summed E-state index contributed by atoms with van der Waals surface area (Å²) in [5.74, 6) is 0.553. The summed E-state index contributed by atoms with van der Waals surface area (Å²) in [6, 6.07) is 11.0. The fraction of sp³-hybridized carbons (Fsp3) is 0.286. The van der Waals surface area contributed by atoms with Crippen LogP contribution in [0.25, 0.3) is 0 Å². The van der Waals surface area contributed by atoms with E-state index in [1.165, 1.54) is 0 Å². The van der Waals surface area contributed by atoms with Crippen LogP contribution in [-0.4, -0.2) is 12.8 Å². The summed E-state index contributed by atoms with van der Waals surface area (Å²) >= 11 is 0. The van der Waals surface area contributed by atoms with Crippen molar-refractivity contribution < 1.29 is 9.13 Å². The number of nitrogens with one attached hydrogen (secondary N) is 1. The van der Waals surface area contributed by atoms with E-state index in [-0.39, 0.29) is 17.6 Å². The Kier molecular flexibility index (Phi) is 5.17. The maximum absolute atomic E-state index is 14.6. The van der Waals surface area contributed by atoms with Crippen LogP contribution in [0.5, 0.6) is 11.5 Å². The van der Waals surface area contributed by atoms with Crippen molar-refractivity contribution in [1.29, 1.82) is 0 Å². The second-order valence-corrected chi connectivity index (χ2v) is 6.30. The normalized spacial score (nSPS) is 14.3. The molecule has 0 saturated carbocycles. The summed E-state index contributed by atoms with van der Waals surface area (Å²) in [6.07, 6.45) is 4.55. The molecule has 0 spiro atoms. The minimum absolute atomic E-state index is 0.00539. The number of hydrogen-bond donors (Lipinski definition) is 1. The number of hydrogen-bond acceptors (Lipinski definition) is 3. The molecule has 1 aliphatic heterocycles. The van der Waals surface area contributed by atoms with Crippen molar-refractivity contribution in [2.75, 3.05) is 6.54 Å². The van der Waals surface area contributed by atoms with E-state index in [2.05, 4.69) is 17.2 Å². The van der Waals surface area contributed by atoms with Crippen molar-refractivity contribution in [1.82, 2.24) is 5.32 Å².